The molecule has 3 rings (SSSR count). The van der Waals surface area contributed by atoms with Gasteiger partial charge in [0.15, 0.2) is 11.5 Å². The lowest BCUT2D eigenvalue weighted by molar-refractivity contribution is 0.121. The van der Waals surface area contributed by atoms with Gasteiger partial charge >= 0.3 is 0 Å². The number of hydrogen-bond acceptors (Lipinski definition) is 8. The van der Waals surface area contributed by atoms with E-state index in [9.17, 15) is 5.11 Å². The van der Waals surface area contributed by atoms with Gasteiger partial charge in [-0.05, 0) is 6.42 Å². The smallest absolute Gasteiger partial charge is 0.155 e. The van der Waals surface area contributed by atoms with Crippen LogP contribution in [0, 0.1) is 0 Å². The monoisotopic (exact) mass is 250 g/mol. The van der Waals surface area contributed by atoms with E-state index in [0.29, 0.717) is 23.6 Å². The molecule has 5 N–H and O–H groups in total. The molecule has 0 spiro atoms. The van der Waals surface area contributed by atoms with Crippen LogP contribution in [0.15, 0.2) is 16.6 Å². The Hall–Kier alpha value is -1.64. The molecule has 1 fully saturated rings. The van der Waals surface area contributed by atoms with Crippen LogP contribution in [0.2, 0.25) is 0 Å². The van der Waals surface area contributed by atoms with E-state index in [1.165, 1.54) is 6.33 Å². The fourth-order valence-corrected chi connectivity index (χ4v) is 2.44. The Morgan fingerprint density at radius 3 is 3.00 bits per heavy atom. The van der Waals surface area contributed by atoms with Crippen molar-refractivity contribution in [3.8, 4) is 0 Å². The normalized spacial score (nSPS) is 33.9. The lowest BCUT2D eigenvalue weighted by Gasteiger charge is -2.16. The van der Waals surface area contributed by atoms with Crippen molar-refractivity contribution in [3.05, 3.63) is 12.0 Å². The molecule has 4 atom stereocenters. The first kappa shape index (κ1) is 11.5. The van der Waals surface area contributed by atoms with Gasteiger partial charge in [-0.15, -0.1) is 5.11 Å². The summed E-state index contributed by atoms with van der Waals surface area (Å²) in [7, 11) is 0. The topological polar surface area (TPSA) is 129 Å². The predicted octanol–water partition coefficient (Wildman–Crippen LogP) is -0.719. The zero-order valence-electron chi connectivity index (χ0n) is 9.56. The number of nitrogens with zero attached hydrogens (tertiary/aromatic N) is 4. The summed E-state index contributed by atoms with van der Waals surface area (Å²) in [5, 5.41) is 30.2. The lowest BCUT2D eigenvalue weighted by atomic mass is 10.0. The fourth-order valence-electron chi connectivity index (χ4n) is 2.44. The second kappa shape index (κ2) is 4.23. The number of aliphatic hydroxyl groups excluding tert-OH is 2. The molecule has 0 aliphatic carbocycles. The minimum Gasteiger partial charge on any atom is -0.395 e. The molecular weight excluding hydrogens is 236 g/mol. The van der Waals surface area contributed by atoms with Gasteiger partial charge in [0.1, 0.15) is 18.1 Å². The predicted molar refractivity (Wildman–Crippen MR) is 62.1 cm³/mol. The van der Waals surface area contributed by atoms with Crippen LogP contribution in [0.25, 0.3) is 0 Å². The fraction of sp³-hybridized carbons (Fsp3) is 0.600. The maximum Gasteiger partial charge on any atom is 0.155 e. The molecule has 3 heterocycles. The summed E-state index contributed by atoms with van der Waals surface area (Å²) in [4.78, 5) is 8.02. The Balaban J connectivity index is 1.86. The van der Waals surface area contributed by atoms with Crippen molar-refractivity contribution in [2.75, 3.05) is 12.3 Å². The minimum absolute atomic E-state index is 0.101. The number of anilines is 1. The van der Waals surface area contributed by atoms with Gasteiger partial charge in [-0.2, -0.15) is 5.11 Å². The molecule has 0 radical (unpaired) electrons. The van der Waals surface area contributed by atoms with Gasteiger partial charge in [-0.3, -0.25) is 0 Å². The van der Waals surface area contributed by atoms with Crippen molar-refractivity contribution in [2.24, 2.45) is 10.2 Å². The first-order chi connectivity index (χ1) is 8.70. The Morgan fingerprint density at radius 2 is 2.28 bits per heavy atom. The number of azo groups is 1. The maximum absolute atomic E-state index is 9.77. The molecular formula is C10H14N6O2. The van der Waals surface area contributed by atoms with E-state index in [-0.39, 0.29) is 24.7 Å². The van der Waals surface area contributed by atoms with E-state index in [2.05, 4.69) is 25.5 Å². The number of nitrogens with one attached hydrogen (secondary N) is 1. The molecule has 96 valence electrons. The molecule has 18 heavy (non-hydrogen) atoms. The van der Waals surface area contributed by atoms with Gasteiger partial charge in [0.05, 0.1) is 18.8 Å². The standard InChI is InChI=1S/C10H14N6O2/c11-10-9-8(12-3-13-10)7(15-16-9)4-1-6(18)5(2-17)14-4/h3-7,14,17-18H,1-2H2,(H2,11,12,13)/t4-,5-,6+,7?/m0/s1. The molecule has 8 nitrogen and oxygen atoms in total. The molecule has 2 aliphatic heterocycles. The Bertz CT molecular complexity index is 493. The molecule has 0 saturated carbocycles. The third-order valence-corrected chi connectivity index (χ3v) is 3.41. The van der Waals surface area contributed by atoms with E-state index in [1.807, 2.05) is 0 Å². The van der Waals surface area contributed by atoms with Gasteiger partial charge < -0.3 is 21.3 Å². The largest absolute Gasteiger partial charge is 0.395 e. The lowest BCUT2D eigenvalue weighted by Crippen LogP contribution is -2.38. The Morgan fingerprint density at radius 1 is 1.44 bits per heavy atom. The highest BCUT2D eigenvalue weighted by atomic mass is 16.3. The van der Waals surface area contributed by atoms with Gasteiger partial charge in [0.2, 0.25) is 0 Å². The SMILES string of the molecule is Nc1ncnc2c1N=NC2[C@@H]1C[C@@H](O)[C@H](CO)N1. The second-order valence-corrected chi connectivity index (χ2v) is 4.52. The van der Waals surface area contributed by atoms with Crippen molar-refractivity contribution in [1.82, 2.24) is 15.3 Å². The summed E-state index contributed by atoms with van der Waals surface area (Å²) in [6, 6.07) is -0.707. The molecule has 0 amide bonds. The summed E-state index contributed by atoms with van der Waals surface area (Å²) in [6.45, 7) is -0.111. The van der Waals surface area contributed by atoms with Crippen LogP contribution >= 0.6 is 0 Å². The number of aromatic nitrogens is 2. The number of hydrogen-bond donors (Lipinski definition) is 4. The van der Waals surface area contributed by atoms with E-state index in [1.54, 1.807) is 0 Å². The van der Waals surface area contributed by atoms with E-state index < -0.39 is 6.10 Å². The van der Waals surface area contributed by atoms with Crippen LogP contribution in [0.5, 0.6) is 0 Å². The Labute approximate surface area is 103 Å². The summed E-state index contributed by atoms with van der Waals surface area (Å²) < 4.78 is 0. The maximum atomic E-state index is 9.77. The minimum atomic E-state index is -0.585. The van der Waals surface area contributed by atoms with Crippen molar-refractivity contribution in [1.29, 1.82) is 0 Å². The third kappa shape index (κ3) is 1.65. The number of aliphatic hydroxyl groups is 2. The Kier molecular flexibility index (Phi) is 2.69. The third-order valence-electron chi connectivity index (χ3n) is 3.41. The van der Waals surface area contributed by atoms with Crippen molar-refractivity contribution >= 4 is 11.5 Å². The first-order valence-electron chi connectivity index (χ1n) is 5.77. The molecule has 1 unspecified atom stereocenters. The number of nitrogens with two attached hydrogens (primary N) is 1. The molecule has 1 aromatic rings. The summed E-state index contributed by atoms with van der Waals surface area (Å²) in [5.41, 5.74) is 6.88. The average molecular weight is 250 g/mol. The van der Waals surface area contributed by atoms with Gasteiger partial charge in [0.25, 0.3) is 0 Å². The quantitative estimate of drug-likeness (QED) is 0.548. The van der Waals surface area contributed by atoms with Crippen molar-refractivity contribution in [2.45, 2.75) is 30.7 Å². The van der Waals surface area contributed by atoms with Crippen LogP contribution in [0.1, 0.15) is 18.2 Å². The van der Waals surface area contributed by atoms with Crippen molar-refractivity contribution in [3.63, 3.8) is 0 Å². The highest BCUT2D eigenvalue weighted by Crippen LogP contribution is 2.40. The van der Waals surface area contributed by atoms with Gasteiger partial charge in [-0.1, -0.05) is 0 Å². The number of nitrogen functional groups attached to an aromatic ring is 1. The zero-order chi connectivity index (χ0) is 12.7. The van der Waals surface area contributed by atoms with Crippen LogP contribution in [-0.4, -0.2) is 45.0 Å². The van der Waals surface area contributed by atoms with Gasteiger partial charge in [-0.25, -0.2) is 9.97 Å². The number of rotatable bonds is 2. The molecule has 1 aromatic heterocycles. The van der Waals surface area contributed by atoms with E-state index >= 15 is 0 Å². The van der Waals surface area contributed by atoms with Crippen LogP contribution < -0.4 is 11.1 Å². The summed E-state index contributed by atoms with van der Waals surface area (Å²) in [5.74, 6) is 0.309. The zero-order valence-corrected chi connectivity index (χ0v) is 9.56. The second-order valence-electron chi connectivity index (χ2n) is 4.52. The summed E-state index contributed by atoms with van der Waals surface area (Å²) in [6.07, 6.45) is 1.29. The highest BCUT2D eigenvalue weighted by Gasteiger charge is 2.40. The number of fused-ring (bicyclic) bond motifs is 1. The molecule has 1 saturated heterocycles. The molecule has 0 bridgehead atoms. The summed E-state index contributed by atoms with van der Waals surface area (Å²) >= 11 is 0. The highest BCUT2D eigenvalue weighted by molar-refractivity contribution is 5.62. The molecule has 0 aromatic carbocycles. The van der Waals surface area contributed by atoms with Gasteiger partial charge in [0, 0.05) is 6.04 Å². The van der Waals surface area contributed by atoms with Crippen LogP contribution in [0.4, 0.5) is 11.5 Å². The van der Waals surface area contributed by atoms with E-state index in [4.69, 9.17) is 10.8 Å². The van der Waals surface area contributed by atoms with Crippen molar-refractivity contribution < 1.29 is 10.2 Å². The molecule has 2 aliphatic rings. The van der Waals surface area contributed by atoms with Crippen LogP contribution in [-0.2, 0) is 0 Å². The van der Waals surface area contributed by atoms with Crippen LogP contribution in [0.3, 0.4) is 0 Å². The first-order valence-corrected chi connectivity index (χ1v) is 5.77. The van der Waals surface area contributed by atoms with E-state index in [0.717, 1.165) is 0 Å². The average Bonchev–Trinajstić information content (AvgIpc) is 2.93. The molecule has 8 heteroatoms.